The molecule has 2 amide bonds. The second kappa shape index (κ2) is 12.9. The van der Waals surface area contributed by atoms with Crippen molar-refractivity contribution in [2.45, 2.75) is 90.0 Å². The quantitative estimate of drug-likeness (QED) is 0.291. The average molecular weight is 545 g/mol. The van der Waals surface area contributed by atoms with Gasteiger partial charge < -0.3 is 10.1 Å². The van der Waals surface area contributed by atoms with Gasteiger partial charge >= 0.3 is 6.03 Å². The molecule has 212 valence electrons. The highest BCUT2D eigenvalue weighted by Gasteiger charge is 2.37. The summed E-state index contributed by atoms with van der Waals surface area (Å²) < 4.78 is 47.7. The molecule has 2 fully saturated rings. The molecule has 2 aromatic rings. The Labute approximate surface area is 229 Å². The van der Waals surface area contributed by atoms with Gasteiger partial charge in [-0.25, -0.2) is 18.0 Å². The average Bonchev–Trinajstić information content (AvgIpc) is 2.84. The number of alkyl halides is 2. The number of amides is 2. The first-order valence-corrected chi connectivity index (χ1v) is 13.8. The normalized spacial score (nSPS) is 23.9. The van der Waals surface area contributed by atoms with Crippen LogP contribution in [0.2, 0.25) is 0 Å². The molecule has 1 saturated carbocycles. The van der Waals surface area contributed by atoms with Crippen molar-refractivity contribution < 1.29 is 22.7 Å². The van der Waals surface area contributed by atoms with Crippen LogP contribution in [0.3, 0.4) is 0 Å². The number of hydrogen-bond acceptors (Lipinski definition) is 4. The first-order chi connectivity index (χ1) is 18.6. The van der Waals surface area contributed by atoms with Gasteiger partial charge in [-0.1, -0.05) is 18.2 Å². The second-order valence-corrected chi connectivity index (χ2v) is 11.1. The summed E-state index contributed by atoms with van der Waals surface area (Å²) in [5, 5.41) is 5.47. The first-order valence-electron chi connectivity index (χ1n) is 13.8. The Hall–Kier alpha value is -3.07. The lowest BCUT2D eigenvalue weighted by Gasteiger charge is -2.38. The Balaban J connectivity index is 1.45. The molecule has 0 bridgehead atoms. The second-order valence-electron chi connectivity index (χ2n) is 11.1. The Morgan fingerprint density at radius 3 is 2.69 bits per heavy atom. The number of halogens is 3. The van der Waals surface area contributed by atoms with Gasteiger partial charge in [-0.3, -0.25) is 15.2 Å². The molecule has 1 heterocycles. The number of anilines is 1. The largest absolute Gasteiger partial charge is 0.491 e. The van der Waals surface area contributed by atoms with E-state index < -0.39 is 23.8 Å². The highest BCUT2D eigenvalue weighted by atomic mass is 19.3. The molecule has 2 aliphatic rings. The van der Waals surface area contributed by atoms with Gasteiger partial charge in [0.05, 0.1) is 12.1 Å². The van der Waals surface area contributed by atoms with Gasteiger partial charge in [0.15, 0.2) is 0 Å². The number of ether oxygens (including phenoxy) is 1. The monoisotopic (exact) mass is 544 g/mol. The van der Waals surface area contributed by atoms with Gasteiger partial charge in [0.25, 0.3) is 0 Å². The van der Waals surface area contributed by atoms with E-state index in [0.717, 1.165) is 37.2 Å². The van der Waals surface area contributed by atoms with Gasteiger partial charge in [0.2, 0.25) is 5.92 Å². The minimum Gasteiger partial charge on any atom is -0.491 e. The van der Waals surface area contributed by atoms with Gasteiger partial charge in [-0.05, 0) is 88.9 Å². The Morgan fingerprint density at radius 2 is 1.97 bits per heavy atom. The predicted octanol–water partition coefficient (Wildman–Crippen LogP) is 7.01. The Morgan fingerprint density at radius 1 is 1.18 bits per heavy atom. The van der Waals surface area contributed by atoms with E-state index in [2.05, 4.69) is 34.6 Å². The van der Waals surface area contributed by atoms with Crippen molar-refractivity contribution in [3.63, 3.8) is 0 Å². The molecule has 1 aliphatic carbocycles. The molecule has 1 aliphatic heterocycles. The zero-order chi connectivity index (χ0) is 28.0. The van der Waals surface area contributed by atoms with E-state index in [1.54, 1.807) is 6.07 Å². The van der Waals surface area contributed by atoms with Gasteiger partial charge in [-0.15, -0.1) is 0 Å². The maximum atomic E-state index is 14.1. The molecule has 39 heavy (non-hydrogen) atoms. The summed E-state index contributed by atoms with van der Waals surface area (Å²) in [6, 6.07) is 12.8. The van der Waals surface area contributed by atoms with E-state index in [1.165, 1.54) is 18.2 Å². The van der Waals surface area contributed by atoms with Crippen LogP contribution in [-0.2, 0) is 6.54 Å². The minimum absolute atomic E-state index is 0.0827. The lowest BCUT2D eigenvalue weighted by atomic mass is 9.88. The molecule has 1 saturated heterocycles. The molecular formula is C30H39F3N4O2. The van der Waals surface area contributed by atoms with Crippen molar-refractivity contribution in [2.24, 2.45) is 10.9 Å². The summed E-state index contributed by atoms with van der Waals surface area (Å²) in [7, 11) is 0. The summed E-state index contributed by atoms with van der Waals surface area (Å²) in [5.74, 6) is -2.01. The summed E-state index contributed by atoms with van der Waals surface area (Å²) in [6.45, 7) is 7.67. The van der Waals surface area contributed by atoms with Crippen LogP contribution >= 0.6 is 0 Å². The highest BCUT2D eigenvalue weighted by molar-refractivity contribution is 6.04. The molecule has 3 atom stereocenters. The van der Waals surface area contributed by atoms with Crippen LogP contribution in [0.5, 0.6) is 5.75 Å². The number of rotatable bonds is 7. The van der Waals surface area contributed by atoms with Crippen molar-refractivity contribution in [3.8, 4) is 5.75 Å². The van der Waals surface area contributed by atoms with Gasteiger partial charge in [-0.2, -0.15) is 0 Å². The van der Waals surface area contributed by atoms with Crippen molar-refractivity contribution in [3.05, 3.63) is 59.9 Å². The number of piperidine rings is 1. The van der Waals surface area contributed by atoms with Crippen LogP contribution in [0.1, 0.15) is 64.9 Å². The molecule has 0 radical (unpaired) electrons. The van der Waals surface area contributed by atoms with Crippen molar-refractivity contribution in [1.29, 1.82) is 0 Å². The number of urea groups is 1. The Kier molecular flexibility index (Phi) is 9.53. The summed E-state index contributed by atoms with van der Waals surface area (Å²) in [5.41, 5.74) is 1.47. The number of nitrogens with zero attached hydrogens (tertiary/aromatic N) is 2. The van der Waals surface area contributed by atoms with Crippen molar-refractivity contribution >= 4 is 17.6 Å². The first kappa shape index (κ1) is 28.9. The van der Waals surface area contributed by atoms with E-state index in [-0.39, 0.29) is 30.9 Å². The van der Waals surface area contributed by atoms with Crippen LogP contribution in [0.25, 0.3) is 0 Å². The third kappa shape index (κ3) is 8.71. The maximum Gasteiger partial charge on any atom is 0.324 e. The molecule has 2 aromatic carbocycles. The smallest absolute Gasteiger partial charge is 0.324 e. The number of likely N-dealkylation sites (tertiary alicyclic amines) is 1. The zero-order valence-corrected chi connectivity index (χ0v) is 22.9. The number of benzene rings is 2. The number of aliphatic imine (C=N–C) groups is 1. The Bertz CT molecular complexity index is 1160. The van der Waals surface area contributed by atoms with E-state index in [1.807, 2.05) is 26.0 Å². The summed E-state index contributed by atoms with van der Waals surface area (Å²) >= 11 is 0. The van der Waals surface area contributed by atoms with Gasteiger partial charge in [0, 0.05) is 37.0 Å². The molecule has 0 aromatic heterocycles. The molecule has 2 N–H and O–H groups in total. The number of carbonyl (C=O) groups is 1. The molecule has 4 rings (SSSR count). The fourth-order valence-electron chi connectivity index (χ4n) is 5.46. The molecule has 1 unspecified atom stereocenters. The third-order valence-electron chi connectivity index (χ3n) is 7.32. The van der Waals surface area contributed by atoms with E-state index in [0.29, 0.717) is 24.4 Å². The fraction of sp³-hybridized carbons (Fsp3) is 0.533. The van der Waals surface area contributed by atoms with Crippen LogP contribution in [-0.4, -0.2) is 47.4 Å². The van der Waals surface area contributed by atoms with Gasteiger partial charge in [0.1, 0.15) is 17.4 Å². The molecule has 6 nitrogen and oxygen atoms in total. The summed E-state index contributed by atoms with van der Waals surface area (Å²) in [6.07, 6.45) is 2.09. The SMILES string of the molecule is CC(C)Oc1cccc(CN2CC[C@H](C(=NC3CCCC(F)(F)C3)NC(=O)Nc3cccc(F)c3)C[C@@H]2C)c1. The third-order valence-corrected chi connectivity index (χ3v) is 7.32. The highest BCUT2D eigenvalue weighted by Crippen LogP contribution is 2.35. The topological polar surface area (TPSA) is 66.0 Å². The van der Waals surface area contributed by atoms with E-state index >= 15 is 0 Å². The van der Waals surface area contributed by atoms with Crippen LogP contribution in [0, 0.1) is 11.7 Å². The van der Waals surface area contributed by atoms with E-state index in [9.17, 15) is 18.0 Å². The van der Waals surface area contributed by atoms with Crippen LogP contribution in [0.4, 0.5) is 23.7 Å². The molecule has 9 heteroatoms. The summed E-state index contributed by atoms with van der Waals surface area (Å²) in [4.78, 5) is 19.9. The molecular weight excluding hydrogens is 505 g/mol. The lowest BCUT2D eigenvalue weighted by Crippen LogP contribution is -2.47. The van der Waals surface area contributed by atoms with Crippen LogP contribution < -0.4 is 15.4 Å². The number of nitrogens with one attached hydrogen (secondary N) is 2. The minimum atomic E-state index is -2.74. The zero-order valence-electron chi connectivity index (χ0n) is 22.9. The maximum absolute atomic E-state index is 14.1. The lowest BCUT2D eigenvalue weighted by molar-refractivity contribution is -0.0394. The molecule has 0 spiro atoms. The standard InChI is InChI=1S/C30H39F3N4O2/c1-20(2)39-27-11-4-7-22(16-27)19-37-14-12-23(15-21(37)3)28(34-26-10-6-13-30(32,33)18-26)36-29(38)35-25-9-5-8-24(31)17-25/h4-5,7-9,11,16-17,20-21,23,26H,6,10,12-15,18-19H2,1-3H3,(H2,34,35,36,38)/t21-,23-,26?/m0/s1. The number of amidine groups is 1. The van der Waals surface area contributed by atoms with E-state index in [4.69, 9.17) is 9.73 Å². The van der Waals surface area contributed by atoms with Crippen molar-refractivity contribution in [2.75, 3.05) is 11.9 Å². The number of hydrogen-bond donors (Lipinski definition) is 2. The van der Waals surface area contributed by atoms with Crippen molar-refractivity contribution in [1.82, 2.24) is 10.2 Å². The predicted molar refractivity (Wildman–Crippen MR) is 148 cm³/mol. The fourth-order valence-corrected chi connectivity index (χ4v) is 5.46. The van der Waals surface area contributed by atoms with Crippen LogP contribution in [0.15, 0.2) is 53.5 Å². The number of carbonyl (C=O) groups excluding carboxylic acids is 1.